The number of hydrogen-bond acceptors (Lipinski definition) is 5. The normalized spacial score (nSPS) is 10.7. The number of aromatic nitrogens is 3. The molecule has 0 amide bonds. The maximum absolute atomic E-state index is 9.12. The summed E-state index contributed by atoms with van der Waals surface area (Å²) in [6.07, 6.45) is 1.69. The summed E-state index contributed by atoms with van der Waals surface area (Å²) in [4.78, 5) is 8.74. The SMILES string of the molecule is COc1cc(C)nc(CSc2ncc(CO)n2C)c1. The summed E-state index contributed by atoms with van der Waals surface area (Å²) in [5, 5.41) is 9.99. The summed E-state index contributed by atoms with van der Waals surface area (Å²) in [6.45, 7) is 1.95. The third kappa shape index (κ3) is 3.27. The molecule has 0 aliphatic heterocycles. The van der Waals surface area contributed by atoms with Crippen molar-refractivity contribution in [3.8, 4) is 5.75 Å². The van der Waals surface area contributed by atoms with E-state index in [1.165, 1.54) is 0 Å². The first-order chi connectivity index (χ1) is 9.13. The van der Waals surface area contributed by atoms with Crippen LogP contribution in [0, 0.1) is 6.92 Å². The molecule has 2 aromatic heterocycles. The molecular formula is C13H17N3O2S. The van der Waals surface area contributed by atoms with E-state index in [0.29, 0.717) is 5.75 Å². The first-order valence-electron chi connectivity index (χ1n) is 5.90. The van der Waals surface area contributed by atoms with Crippen LogP contribution in [0.15, 0.2) is 23.5 Å². The Morgan fingerprint density at radius 1 is 1.42 bits per heavy atom. The van der Waals surface area contributed by atoms with Crippen LogP contribution >= 0.6 is 11.8 Å². The van der Waals surface area contributed by atoms with Crippen LogP contribution in [-0.4, -0.2) is 26.8 Å². The predicted octanol–water partition coefficient (Wildman–Crippen LogP) is 1.92. The summed E-state index contributed by atoms with van der Waals surface area (Å²) in [5.41, 5.74) is 2.69. The number of aliphatic hydroxyl groups excluding tert-OH is 1. The van der Waals surface area contributed by atoms with E-state index in [9.17, 15) is 0 Å². The van der Waals surface area contributed by atoms with Crippen molar-refractivity contribution in [1.29, 1.82) is 0 Å². The molecular weight excluding hydrogens is 262 g/mol. The summed E-state index contributed by atoms with van der Waals surface area (Å²) in [7, 11) is 3.54. The number of thioether (sulfide) groups is 1. The van der Waals surface area contributed by atoms with E-state index in [1.54, 1.807) is 25.1 Å². The van der Waals surface area contributed by atoms with Crippen LogP contribution in [0.25, 0.3) is 0 Å². The van der Waals surface area contributed by atoms with E-state index in [-0.39, 0.29) is 6.61 Å². The molecule has 5 nitrogen and oxygen atoms in total. The van der Waals surface area contributed by atoms with Gasteiger partial charge in [-0.05, 0) is 6.92 Å². The number of nitrogens with zero attached hydrogens (tertiary/aromatic N) is 3. The Labute approximate surface area is 116 Å². The van der Waals surface area contributed by atoms with Crippen LogP contribution in [0.3, 0.4) is 0 Å². The molecule has 0 spiro atoms. The zero-order valence-corrected chi connectivity index (χ0v) is 12.1. The van der Waals surface area contributed by atoms with Crippen LogP contribution in [0.1, 0.15) is 17.1 Å². The van der Waals surface area contributed by atoms with Crippen LogP contribution < -0.4 is 4.74 Å². The van der Waals surface area contributed by atoms with Crippen LogP contribution in [-0.2, 0) is 19.4 Å². The molecule has 0 aliphatic rings. The second kappa shape index (κ2) is 6.08. The topological polar surface area (TPSA) is 60.2 Å². The molecule has 102 valence electrons. The second-order valence-corrected chi connectivity index (χ2v) is 5.12. The van der Waals surface area contributed by atoms with Gasteiger partial charge in [-0.2, -0.15) is 0 Å². The minimum Gasteiger partial charge on any atom is -0.497 e. The lowest BCUT2D eigenvalue weighted by Gasteiger charge is -2.06. The van der Waals surface area contributed by atoms with Gasteiger partial charge < -0.3 is 14.4 Å². The lowest BCUT2D eigenvalue weighted by atomic mass is 10.3. The molecule has 0 atom stereocenters. The van der Waals surface area contributed by atoms with Gasteiger partial charge in [-0.1, -0.05) is 11.8 Å². The lowest BCUT2D eigenvalue weighted by Crippen LogP contribution is -1.98. The van der Waals surface area contributed by atoms with Crippen molar-refractivity contribution in [3.05, 3.63) is 35.4 Å². The van der Waals surface area contributed by atoms with Crippen molar-refractivity contribution >= 4 is 11.8 Å². The molecule has 2 rings (SSSR count). The summed E-state index contributed by atoms with van der Waals surface area (Å²) in [5.74, 6) is 1.53. The minimum atomic E-state index is 0.000573. The number of aryl methyl sites for hydroxylation is 1. The lowest BCUT2D eigenvalue weighted by molar-refractivity contribution is 0.271. The highest BCUT2D eigenvalue weighted by Gasteiger charge is 2.08. The fourth-order valence-electron chi connectivity index (χ4n) is 1.74. The predicted molar refractivity (Wildman–Crippen MR) is 74.2 cm³/mol. The fourth-order valence-corrected chi connectivity index (χ4v) is 2.60. The van der Waals surface area contributed by atoms with Gasteiger partial charge in [0.15, 0.2) is 5.16 Å². The van der Waals surface area contributed by atoms with E-state index in [2.05, 4.69) is 9.97 Å². The van der Waals surface area contributed by atoms with Gasteiger partial charge in [0, 0.05) is 30.6 Å². The average molecular weight is 279 g/mol. The molecule has 6 heteroatoms. The number of aliphatic hydroxyl groups is 1. The zero-order chi connectivity index (χ0) is 13.8. The van der Waals surface area contributed by atoms with Gasteiger partial charge in [0.05, 0.1) is 31.3 Å². The Morgan fingerprint density at radius 3 is 2.84 bits per heavy atom. The number of hydrogen-bond donors (Lipinski definition) is 1. The average Bonchev–Trinajstić information content (AvgIpc) is 2.76. The number of methoxy groups -OCH3 is 1. The van der Waals surface area contributed by atoms with Crippen molar-refractivity contribution in [3.63, 3.8) is 0 Å². The van der Waals surface area contributed by atoms with Crippen molar-refractivity contribution in [1.82, 2.24) is 14.5 Å². The van der Waals surface area contributed by atoms with Gasteiger partial charge in [0.1, 0.15) is 5.75 Å². The van der Waals surface area contributed by atoms with Gasteiger partial charge in [-0.3, -0.25) is 4.98 Å². The van der Waals surface area contributed by atoms with Crippen LogP contribution in [0.5, 0.6) is 5.75 Å². The Balaban J connectivity index is 2.09. The number of rotatable bonds is 5. The maximum atomic E-state index is 9.12. The molecule has 19 heavy (non-hydrogen) atoms. The Hall–Kier alpha value is -1.53. The summed E-state index contributed by atoms with van der Waals surface area (Å²) >= 11 is 1.59. The van der Waals surface area contributed by atoms with Crippen molar-refractivity contribution in [2.45, 2.75) is 24.4 Å². The first kappa shape index (κ1) is 13.9. The largest absolute Gasteiger partial charge is 0.497 e. The van der Waals surface area contributed by atoms with E-state index < -0.39 is 0 Å². The van der Waals surface area contributed by atoms with Crippen molar-refractivity contribution < 1.29 is 9.84 Å². The molecule has 0 aliphatic carbocycles. The molecule has 0 bridgehead atoms. The van der Waals surface area contributed by atoms with Gasteiger partial charge in [0.2, 0.25) is 0 Å². The van der Waals surface area contributed by atoms with Crippen molar-refractivity contribution in [2.24, 2.45) is 7.05 Å². The van der Waals surface area contributed by atoms with Gasteiger partial charge >= 0.3 is 0 Å². The highest BCUT2D eigenvalue weighted by molar-refractivity contribution is 7.98. The van der Waals surface area contributed by atoms with E-state index in [4.69, 9.17) is 9.84 Å². The molecule has 0 fully saturated rings. The highest BCUT2D eigenvalue weighted by atomic mass is 32.2. The molecule has 0 aromatic carbocycles. The molecule has 0 saturated carbocycles. The van der Waals surface area contributed by atoms with Crippen LogP contribution in [0.2, 0.25) is 0 Å². The quantitative estimate of drug-likeness (QED) is 0.847. The smallest absolute Gasteiger partial charge is 0.168 e. The van der Waals surface area contributed by atoms with Crippen molar-refractivity contribution in [2.75, 3.05) is 7.11 Å². The minimum absolute atomic E-state index is 0.000573. The fraction of sp³-hybridized carbons (Fsp3) is 0.385. The zero-order valence-electron chi connectivity index (χ0n) is 11.3. The monoisotopic (exact) mass is 279 g/mol. The number of ether oxygens (including phenoxy) is 1. The Morgan fingerprint density at radius 2 is 2.21 bits per heavy atom. The van der Waals surface area contributed by atoms with Crippen LogP contribution in [0.4, 0.5) is 0 Å². The molecule has 0 unspecified atom stereocenters. The first-order valence-corrected chi connectivity index (χ1v) is 6.88. The second-order valence-electron chi connectivity index (χ2n) is 4.18. The molecule has 1 N–H and O–H groups in total. The number of pyridine rings is 1. The Kier molecular flexibility index (Phi) is 4.44. The number of imidazole rings is 1. The summed E-state index contributed by atoms with van der Waals surface area (Å²) < 4.78 is 7.12. The summed E-state index contributed by atoms with van der Waals surface area (Å²) in [6, 6.07) is 3.83. The third-order valence-electron chi connectivity index (χ3n) is 2.77. The third-order valence-corrected chi connectivity index (χ3v) is 3.85. The molecule has 0 radical (unpaired) electrons. The molecule has 2 heterocycles. The highest BCUT2D eigenvalue weighted by Crippen LogP contribution is 2.23. The van der Waals surface area contributed by atoms with Gasteiger partial charge in [-0.25, -0.2) is 4.98 Å². The van der Waals surface area contributed by atoms with Gasteiger partial charge in [-0.15, -0.1) is 0 Å². The van der Waals surface area contributed by atoms with E-state index in [0.717, 1.165) is 28.0 Å². The van der Waals surface area contributed by atoms with Gasteiger partial charge in [0.25, 0.3) is 0 Å². The Bertz CT molecular complexity index is 569. The maximum Gasteiger partial charge on any atom is 0.168 e. The van der Waals surface area contributed by atoms with E-state index in [1.807, 2.05) is 30.7 Å². The van der Waals surface area contributed by atoms with E-state index >= 15 is 0 Å². The molecule has 2 aromatic rings. The molecule has 0 saturated heterocycles. The standard InChI is InChI=1S/C13H17N3O2S/c1-9-4-12(18-3)5-10(15-9)8-19-13-14-6-11(7-17)16(13)2/h4-6,17H,7-8H2,1-3H3.